The second-order valence-electron chi connectivity index (χ2n) is 5.32. The van der Waals surface area contributed by atoms with E-state index in [2.05, 4.69) is 17.2 Å². The van der Waals surface area contributed by atoms with Gasteiger partial charge in [0, 0.05) is 30.8 Å². The van der Waals surface area contributed by atoms with Crippen molar-refractivity contribution in [1.82, 2.24) is 10.3 Å². The molecule has 0 amide bonds. The van der Waals surface area contributed by atoms with Gasteiger partial charge in [0.05, 0.1) is 11.6 Å². The zero-order chi connectivity index (χ0) is 13.7. The molecule has 1 aliphatic carbocycles. The van der Waals surface area contributed by atoms with E-state index in [1.165, 1.54) is 19.3 Å². The van der Waals surface area contributed by atoms with Crippen molar-refractivity contribution in [2.75, 3.05) is 19.4 Å². The molecule has 0 bridgehead atoms. The summed E-state index contributed by atoms with van der Waals surface area (Å²) in [6, 6.07) is 1.99. The number of aromatic nitrogens is 1. The lowest BCUT2D eigenvalue weighted by Gasteiger charge is -2.43. The quantitative estimate of drug-likeness (QED) is 0.857. The van der Waals surface area contributed by atoms with Crippen molar-refractivity contribution in [1.29, 1.82) is 0 Å². The third-order valence-corrected chi connectivity index (χ3v) is 4.24. The summed E-state index contributed by atoms with van der Waals surface area (Å²) >= 11 is 0. The van der Waals surface area contributed by atoms with Crippen LogP contribution in [0.25, 0.3) is 0 Å². The highest BCUT2D eigenvalue weighted by molar-refractivity contribution is 5.47. The Bertz CT molecular complexity index is 402. The summed E-state index contributed by atoms with van der Waals surface area (Å²) in [5.74, 6) is 0. The zero-order valence-electron chi connectivity index (χ0n) is 12.0. The Balaban J connectivity index is 2.35. The highest BCUT2D eigenvalue weighted by Crippen LogP contribution is 2.42. The first-order valence-electron chi connectivity index (χ1n) is 7.21. The molecule has 1 aromatic heterocycles. The smallest absolute Gasteiger partial charge is 0.0873 e. The molecule has 0 radical (unpaired) electrons. The number of pyridine rings is 1. The number of anilines is 1. The number of rotatable bonds is 5. The number of likely N-dealkylation sites (N-methyl/N-ethyl adjacent to an activating group) is 1. The minimum absolute atomic E-state index is 0.122. The highest BCUT2D eigenvalue weighted by Gasteiger charge is 2.41. The molecule has 1 heterocycles. The van der Waals surface area contributed by atoms with E-state index < -0.39 is 0 Å². The Morgan fingerprint density at radius 2 is 2.16 bits per heavy atom. The Hall–Kier alpha value is -1.13. The first-order valence-corrected chi connectivity index (χ1v) is 7.21. The molecule has 1 unspecified atom stereocenters. The molecule has 0 aromatic carbocycles. The molecule has 1 atom stereocenters. The van der Waals surface area contributed by atoms with Gasteiger partial charge in [0.15, 0.2) is 0 Å². The van der Waals surface area contributed by atoms with Gasteiger partial charge in [-0.05, 0) is 25.5 Å². The normalized spacial score (nSPS) is 20.1. The summed E-state index contributed by atoms with van der Waals surface area (Å²) in [4.78, 5) is 4.23. The Morgan fingerprint density at radius 3 is 2.74 bits per heavy atom. The summed E-state index contributed by atoms with van der Waals surface area (Å²) in [5, 5.41) is 3.56. The summed E-state index contributed by atoms with van der Waals surface area (Å²) in [6.45, 7) is 3.01. The molecule has 1 aromatic rings. The molecule has 1 aliphatic rings. The average molecular weight is 263 g/mol. The van der Waals surface area contributed by atoms with Gasteiger partial charge in [0.1, 0.15) is 0 Å². The van der Waals surface area contributed by atoms with Gasteiger partial charge < -0.3 is 15.8 Å². The van der Waals surface area contributed by atoms with Gasteiger partial charge in [0.2, 0.25) is 0 Å². The maximum absolute atomic E-state index is 6.14. The molecule has 0 spiro atoms. The third-order valence-electron chi connectivity index (χ3n) is 4.24. The van der Waals surface area contributed by atoms with Crippen LogP contribution in [0.3, 0.4) is 0 Å². The number of methoxy groups -OCH3 is 1. The number of nitrogens with one attached hydrogen (secondary N) is 1. The fourth-order valence-corrected chi connectivity index (χ4v) is 3.20. The van der Waals surface area contributed by atoms with E-state index >= 15 is 0 Å². The Labute approximate surface area is 115 Å². The largest absolute Gasteiger partial charge is 0.398 e. The molecular weight excluding hydrogens is 238 g/mol. The first-order chi connectivity index (χ1) is 9.23. The van der Waals surface area contributed by atoms with E-state index in [4.69, 9.17) is 10.5 Å². The monoisotopic (exact) mass is 263 g/mol. The van der Waals surface area contributed by atoms with E-state index in [1.54, 1.807) is 6.20 Å². The van der Waals surface area contributed by atoms with Gasteiger partial charge in [-0.25, -0.2) is 0 Å². The molecule has 106 valence electrons. The zero-order valence-corrected chi connectivity index (χ0v) is 12.0. The fraction of sp³-hybridized carbons (Fsp3) is 0.667. The minimum atomic E-state index is -0.147. The molecule has 1 fully saturated rings. The van der Waals surface area contributed by atoms with Crippen LogP contribution < -0.4 is 11.1 Å². The third kappa shape index (κ3) is 2.90. The van der Waals surface area contributed by atoms with Crippen LogP contribution in [0.5, 0.6) is 0 Å². The maximum Gasteiger partial charge on any atom is 0.0873 e. The van der Waals surface area contributed by atoms with Crippen molar-refractivity contribution in [2.45, 2.75) is 50.7 Å². The number of nitrogens with two attached hydrogens (primary N) is 1. The number of nitrogens with zero attached hydrogens (tertiary/aromatic N) is 1. The van der Waals surface area contributed by atoms with Crippen LogP contribution in [0.4, 0.5) is 5.69 Å². The van der Waals surface area contributed by atoms with Crippen molar-refractivity contribution in [3.05, 3.63) is 24.0 Å². The van der Waals surface area contributed by atoms with Gasteiger partial charge in [-0.2, -0.15) is 0 Å². The van der Waals surface area contributed by atoms with Crippen LogP contribution in [0.15, 0.2) is 18.5 Å². The van der Waals surface area contributed by atoms with Gasteiger partial charge >= 0.3 is 0 Å². The molecule has 4 heteroatoms. The minimum Gasteiger partial charge on any atom is -0.398 e. The van der Waals surface area contributed by atoms with Crippen LogP contribution >= 0.6 is 0 Å². The van der Waals surface area contributed by atoms with Crippen LogP contribution in [-0.2, 0) is 4.74 Å². The topological polar surface area (TPSA) is 60.2 Å². The predicted molar refractivity (Wildman–Crippen MR) is 77.9 cm³/mol. The number of hydrogen-bond donors (Lipinski definition) is 2. The van der Waals surface area contributed by atoms with E-state index in [9.17, 15) is 0 Å². The van der Waals surface area contributed by atoms with Crippen LogP contribution in [0, 0.1) is 0 Å². The summed E-state index contributed by atoms with van der Waals surface area (Å²) < 4.78 is 5.96. The van der Waals surface area contributed by atoms with Crippen molar-refractivity contribution < 1.29 is 4.74 Å². The lowest BCUT2D eigenvalue weighted by molar-refractivity contribution is -0.0683. The Kier molecular flexibility index (Phi) is 4.77. The standard InChI is InChI=1S/C15H25N3O/c1-3-18-14(12-11-17-10-7-13(12)16)15(19-2)8-5-4-6-9-15/h7,10-11,14,18H,3-6,8-9H2,1-2H3,(H2,16,17). The first kappa shape index (κ1) is 14.3. The maximum atomic E-state index is 6.14. The van der Waals surface area contributed by atoms with Crippen molar-refractivity contribution in [3.8, 4) is 0 Å². The predicted octanol–water partition coefficient (Wildman–Crippen LogP) is 2.66. The molecule has 3 N–H and O–H groups in total. The molecule has 0 saturated heterocycles. The molecule has 0 aliphatic heterocycles. The van der Waals surface area contributed by atoms with E-state index in [0.717, 1.165) is 30.6 Å². The molecular formula is C15H25N3O. The molecule has 2 rings (SSSR count). The highest BCUT2D eigenvalue weighted by atomic mass is 16.5. The molecule has 4 nitrogen and oxygen atoms in total. The summed E-state index contributed by atoms with van der Waals surface area (Å²) in [6.07, 6.45) is 9.50. The number of ether oxygens (including phenoxy) is 1. The lowest BCUT2D eigenvalue weighted by atomic mass is 9.76. The average Bonchev–Trinajstić information content (AvgIpc) is 2.46. The van der Waals surface area contributed by atoms with Gasteiger partial charge in [-0.3, -0.25) is 4.98 Å². The Morgan fingerprint density at radius 1 is 1.42 bits per heavy atom. The molecule has 1 saturated carbocycles. The molecule has 19 heavy (non-hydrogen) atoms. The second kappa shape index (κ2) is 6.35. The summed E-state index contributed by atoms with van der Waals surface area (Å²) in [5.41, 5.74) is 7.85. The lowest BCUT2D eigenvalue weighted by Crippen LogP contribution is -2.47. The van der Waals surface area contributed by atoms with Gasteiger partial charge in [0.25, 0.3) is 0 Å². The van der Waals surface area contributed by atoms with Crippen LogP contribution in [0.2, 0.25) is 0 Å². The number of hydrogen-bond acceptors (Lipinski definition) is 4. The van der Waals surface area contributed by atoms with Gasteiger partial charge in [-0.15, -0.1) is 0 Å². The van der Waals surface area contributed by atoms with Crippen molar-refractivity contribution in [2.24, 2.45) is 0 Å². The van der Waals surface area contributed by atoms with E-state index in [0.29, 0.717) is 0 Å². The van der Waals surface area contributed by atoms with Crippen molar-refractivity contribution in [3.63, 3.8) is 0 Å². The number of nitrogen functional groups attached to an aromatic ring is 1. The van der Waals surface area contributed by atoms with E-state index in [-0.39, 0.29) is 11.6 Å². The SMILES string of the molecule is CCNC(c1cnccc1N)C1(OC)CCCCC1. The van der Waals surface area contributed by atoms with Crippen LogP contribution in [0.1, 0.15) is 50.6 Å². The second-order valence-corrected chi connectivity index (χ2v) is 5.32. The van der Waals surface area contributed by atoms with Gasteiger partial charge in [-0.1, -0.05) is 26.2 Å². The van der Waals surface area contributed by atoms with Crippen molar-refractivity contribution >= 4 is 5.69 Å². The summed E-state index contributed by atoms with van der Waals surface area (Å²) in [7, 11) is 1.82. The van der Waals surface area contributed by atoms with Crippen LogP contribution in [-0.4, -0.2) is 24.2 Å². The fourth-order valence-electron chi connectivity index (χ4n) is 3.20. The van der Waals surface area contributed by atoms with E-state index in [1.807, 2.05) is 19.4 Å².